The van der Waals surface area contributed by atoms with Gasteiger partial charge < -0.3 is 14.5 Å². The molecule has 0 fully saturated rings. The number of hydrogen-bond acceptors (Lipinski definition) is 2. The highest BCUT2D eigenvalue weighted by Crippen LogP contribution is 2.50. The maximum absolute atomic E-state index is 13.6. The Morgan fingerprint density at radius 3 is 2.07 bits per heavy atom. The number of aromatic amines is 2. The highest BCUT2D eigenvalue weighted by Gasteiger charge is 2.33. The van der Waals surface area contributed by atoms with E-state index in [4.69, 9.17) is 10.0 Å². The van der Waals surface area contributed by atoms with Crippen molar-refractivity contribution in [2.75, 3.05) is 4.67 Å². The van der Waals surface area contributed by atoms with Gasteiger partial charge in [0.1, 0.15) is 17.4 Å². The van der Waals surface area contributed by atoms with Crippen LogP contribution in [0, 0.1) is 0 Å². The predicted octanol–water partition coefficient (Wildman–Crippen LogP) is 6.92. The van der Waals surface area contributed by atoms with E-state index >= 15 is 0 Å². The van der Waals surface area contributed by atoms with E-state index in [9.17, 15) is 4.57 Å². The molecule has 1 unspecified atom stereocenters. The van der Waals surface area contributed by atoms with Gasteiger partial charge in [-0.2, -0.15) is 0 Å². The zero-order chi connectivity index (χ0) is 21.2. The normalized spacial score (nSPS) is 13.1. The summed E-state index contributed by atoms with van der Waals surface area (Å²) in [7, 11) is -3.72. The summed E-state index contributed by atoms with van der Waals surface area (Å²) in [5.41, 5.74) is 7.32. The summed E-state index contributed by atoms with van der Waals surface area (Å²) in [5, 5.41) is 0. The van der Waals surface area contributed by atoms with Crippen LogP contribution in [0.2, 0.25) is 0 Å². The highest BCUT2D eigenvalue weighted by molar-refractivity contribution is 7.59. The van der Waals surface area contributed by atoms with Crippen LogP contribution in [0.4, 0.5) is 11.6 Å². The van der Waals surface area contributed by atoms with E-state index in [0.717, 1.165) is 18.4 Å². The molecule has 3 aromatic rings. The number of benzene rings is 1. The third-order valence-electron chi connectivity index (χ3n) is 5.15. The number of nitrogens with one attached hydrogen (secondary N) is 2. The third kappa shape index (κ3) is 6.04. The fourth-order valence-corrected chi connectivity index (χ4v) is 4.98. The van der Waals surface area contributed by atoms with E-state index in [2.05, 4.69) is 16.9 Å². The number of aryl methyl sites for hydroxylation is 1. The molecule has 0 aliphatic rings. The van der Waals surface area contributed by atoms with Crippen molar-refractivity contribution in [3.8, 4) is 5.75 Å². The molecule has 2 aromatic heterocycles. The van der Waals surface area contributed by atoms with Crippen molar-refractivity contribution in [3.63, 3.8) is 0 Å². The fourth-order valence-electron chi connectivity index (χ4n) is 3.59. The molecule has 0 bridgehead atoms. The summed E-state index contributed by atoms with van der Waals surface area (Å²) in [4.78, 5) is 6.14. The van der Waals surface area contributed by atoms with Crippen LogP contribution in [0.15, 0.2) is 60.9 Å². The summed E-state index contributed by atoms with van der Waals surface area (Å²) in [6.07, 6.45) is 13.1. The van der Waals surface area contributed by atoms with Gasteiger partial charge in [0.05, 0.1) is 0 Å². The Bertz CT molecular complexity index is 875. The lowest BCUT2D eigenvalue weighted by atomic mass is 10.0. The maximum Gasteiger partial charge on any atom is 0.423 e. The SMILES string of the molecule is CCCCCCCCCc1ccccc1OP(N)(=O)N(c1ccc[nH]1)c1ccc[nH]1. The quantitative estimate of drug-likeness (QED) is 0.204. The number of hydrogen-bond donors (Lipinski definition) is 3. The molecular weight excluding hydrogens is 395 g/mol. The van der Waals surface area contributed by atoms with Gasteiger partial charge in [0, 0.05) is 12.4 Å². The average molecular weight is 429 g/mol. The lowest BCUT2D eigenvalue weighted by molar-refractivity contribution is 0.478. The predicted molar refractivity (Wildman–Crippen MR) is 124 cm³/mol. The minimum absolute atomic E-state index is 0.581. The zero-order valence-electron chi connectivity index (χ0n) is 17.7. The number of anilines is 2. The second kappa shape index (κ2) is 11.1. The van der Waals surface area contributed by atoms with E-state index in [-0.39, 0.29) is 0 Å². The van der Waals surface area contributed by atoms with Gasteiger partial charge in [0.25, 0.3) is 0 Å². The monoisotopic (exact) mass is 428 g/mol. The molecule has 6 nitrogen and oxygen atoms in total. The van der Waals surface area contributed by atoms with Gasteiger partial charge in [-0.25, -0.2) is 14.7 Å². The standard InChI is InChI=1S/C23H33N4O2P/c1-2-3-4-5-6-7-8-13-20-14-9-10-15-21(20)29-30(24,28)27(22-16-11-18-25-22)23-17-12-19-26-23/h9-12,14-19,25-26H,2-8,13H2,1H3,(H2,24,28). The third-order valence-corrected chi connectivity index (χ3v) is 6.60. The summed E-state index contributed by atoms with van der Waals surface area (Å²) < 4.78 is 21.0. The van der Waals surface area contributed by atoms with E-state index in [0.29, 0.717) is 17.4 Å². The smallest absolute Gasteiger partial charge is 0.418 e. The zero-order valence-corrected chi connectivity index (χ0v) is 18.6. The Kier molecular flexibility index (Phi) is 8.23. The first-order chi connectivity index (χ1) is 14.6. The molecule has 2 heterocycles. The van der Waals surface area contributed by atoms with Gasteiger partial charge in [-0.15, -0.1) is 0 Å². The van der Waals surface area contributed by atoms with Crippen molar-refractivity contribution in [3.05, 3.63) is 66.5 Å². The van der Waals surface area contributed by atoms with Gasteiger partial charge in [-0.1, -0.05) is 63.6 Å². The number of nitrogens with zero attached hydrogens (tertiary/aromatic N) is 1. The van der Waals surface area contributed by atoms with Crippen LogP contribution in [0.5, 0.6) is 5.75 Å². The van der Waals surface area contributed by atoms with Gasteiger partial charge in [0.2, 0.25) is 0 Å². The second-order valence-corrected chi connectivity index (χ2v) is 9.27. The van der Waals surface area contributed by atoms with Crippen molar-refractivity contribution in [1.82, 2.24) is 9.97 Å². The summed E-state index contributed by atoms with van der Waals surface area (Å²) in [5.74, 6) is 1.79. The molecule has 162 valence electrons. The van der Waals surface area contributed by atoms with E-state index < -0.39 is 7.67 Å². The molecule has 1 atom stereocenters. The Balaban J connectivity index is 1.68. The molecule has 0 spiro atoms. The molecule has 0 aliphatic heterocycles. The Morgan fingerprint density at radius 1 is 0.867 bits per heavy atom. The minimum atomic E-state index is -3.72. The average Bonchev–Trinajstić information content (AvgIpc) is 3.43. The second-order valence-electron chi connectivity index (χ2n) is 7.56. The van der Waals surface area contributed by atoms with Crippen LogP contribution in [-0.2, 0) is 11.0 Å². The molecule has 1 aromatic carbocycles. The Morgan fingerprint density at radius 2 is 1.47 bits per heavy atom. The molecule has 30 heavy (non-hydrogen) atoms. The number of unbranched alkanes of at least 4 members (excludes halogenated alkanes) is 6. The number of aromatic nitrogens is 2. The molecule has 0 saturated heterocycles. The molecule has 0 radical (unpaired) electrons. The van der Waals surface area contributed by atoms with Crippen molar-refractivity contribution >= 4 is 19.3 Å². The molecule has 0 saturated carbocycles. The van der Waals surface area contributed by atoms with Crippen LogP contribution in [0.25, 0.3) is 0 Å². The van der Waals surface area contributed by atoms with Gasteiger partial charge >= 0.3 is 7.67 Å². The van der Waals surface area contributed by atoms with Crippen molar-refractivity contribution in [2.45, 2.75) is 58.3 Å². The van der Waals surface area contributed by atoms with Crippen molar-refractivity contribution < 1.29 is 9.09 Å². The van der Waals surface area contributed by atoms with Gasteiger partial charge in [-0.3, -0.25) is 0 Å². The van der Waals surface area contributed by atoms with Crippen LogP contribution in [-0.4, -0.2) is 9.97 Å². The molecule has 3 rings (SSSR count). The molecule has 4 N–H and O–H groups in total. The molecule has 7 heteroatoms. The topological polar surface area (TPSA) is 87.1 Å². The highest BCUT2D eigenvalue weighted by atomic mass is 31.2. The van der Waals surface area contributed by atoms with E-state index in [1.807, 2.05) is 48.5 Å². The summed E-state index contributed by atoms with van der Waals surface area (Å²) in [6.45, 7) is 2.24. The van der Waals surface area contributed by atoms with Gasteiger partial charge in [-0.05, 0) is 48.7 Å². The Hall–Kier alpha value is -2.43. The van der Waals surface area contributed by atoms with Crippen LogP contribution >= 0.6 is 7.67 Å². The van der Waals surface area contributed by atoms with Crippen molar-refractivity contribution in [1.29, 1.82) is 0 Å². The lowest BCUT2D eigenvalue weighted by Gasteiger charge is -2.28. The summed E-state index contributed by atoms with van der Waals surface area (Å²) in [6, 6.07) is 15.0. The van der Waals surface area contributed by atoms with Crippen molar-refractivity contribution in [2.24, 2.45) is 5.50 Å². The van der Waals surface area contributed by atoms with E-state index in [1.54, 1.807) is 12.4 Å². The first-order valence-corrected chi connectivity index (χ1v) is 12.5. The van der Waals surface area contributed by atoms with Crippen LogP contribution in [0.1, 0.15) is 57.4 Å². The van der Waals surface area contributed by atoms with Gasteiger partial charge in [0.15, 0.2) is 0 Å². The number of nitrogens with two attached hydrogens (primary N) is 1. The molecule has 0 aliphatic carbocycles. The van der Waals surface area contributed by atoms with Crippen LogP contribution < -0.4 is 14.7 Å². The lowest BCUT2D eigenvalue weighted by Crippen LogP contribution is -2.23. The summed E-state index contributed by atoms with van der Waals surface area (Å²) >= 11 is 0. The number of H-pyrrole nitrogens is 2. The molecular formula is C23H33N4O2P. The minimum Gasteiger partial charge on any atom is -0.418 e. The largest absolute Gasteiger partial charge is 0.423 e. The fraction of sp³-hybridized carbons (Fsp3) is 0.391. The van der Waals surface area contributed by atoms with Crippen LogP contribution in [0.3, 0.4) is 0 Å². The Labute approximate surface area is 179 Å². The van der Waals surface area contributed by atoms with E-state index in [1.165, 1.54) is 43.2 Å². The molecule has 0 amide bonds. The number of para-hydroxylation sites is 1. The first-order valence-electron chi connectivity index (χ1n) is 10.9. The number of rotatable bonds is 13. The maximum atomic E-state index is 13.6. The first kappa shape index (κ1) is 22.3.